The molecule has 1 aliphatic heterocycles. The van der Waals surface area contributed by atoms with Crippen LogP contribution in [0.3, 0.4) is 0 Å². The molecule has 2 N–H and O–H groups in total. The Kier molecular flexibility index (Phi) is 4.51. The molecule has 2 aromatic carbocycles. The Hall–Kier alpha value is -4.00. The van der Waals surface area contributed by atoms with Crippen molar-refractivity contribution in [1.82, 2.24) is 19.7 Å². The van der Waals surface area contributed by atoms with Crippen molar-refractivity contribution in [2.45, 2.75) is 19.0 Å². The van der Waals surface area contributed by atoms with Crippen LogP contribution < -0.4 is 5.73 Å². The third-order valence-electron chi connectivity index (χ3n) is 5.76. The highest BCUT2D eigenvalue weighted by Crippen LogP contribution is 2.29. The molecule has 0 radical (unpaired) electrons. The Labute approximate surface area is 179 Å². The van der Waals surface area contributed by atoms with Gasteiger partial charge in [-0.3, -0.25) is 14.3 Å². The number of rotatable bonds is 3. The molecule has 7 heteroatoms. The molecule has 0 bridgehead atoms. The van der Waals surface area contributed by atoms with Gasteiger partial charge in [0.25, 0.3) is 5.91 Å². The molecule has 0 fully saturated rings. The monoisotopic (exact) mass is 411 g/mol. The second-order valence-electron chi connectivity index (χ2n) is 7.77. The van der Waals surface area contributed by atoms with Crippen molar-refractivity contribution < 1.29 is 9.59 Å². The van der Waals surface area contributed by atoms with Crippen LogP contribution >= 0.6 is 0 Å². The van der Waals surface area contributed by atoms with E-state index < -0.39 is 11.9 Å². The number of para-hydroxylation sites is 1. The van der Waals surface area contributed by atoms with Gasteiger partial charge in [-0.05, 0) is 29.3 Å². The first-order valence-electron chi connectivity index (χ1n) is 10.1. The zero-order valence-corrected chi connectivity index (χ0v) is 17.0. The maximum atomic E-state index is 13.8. The van der Waals surface area contributed by atoms with Crippen LogP contribution in [-0.4, -0.2) is 37.5 Å². The highest BCUT2D eigenvalue weighted by molar-refractivity contribution is 6.08. The van der Waals surface area contributed by atoms with E-state index in [4.69, 9.17) is 10.7 Å². The fraction of sp³-hybridized carbons (Fsp3) is 0.167. The summed E-state index contributed by atoms with van der Waals surface area (Å²) in [5.41, 5.74) is 10.2. The number of primary amides is 1. The lowest BCUT2D eigenvalue weighted by Crippen LogP contribution is -2.51. The topological polar surface area (TPSA) is 94.1 Å². The van der Waals surface area contributed by atoms with Crippen molar-refractivity contribution >= 4 is 22.7 Å². The number of carbonyl (C=O) groups excluding carboxylic acids is 2. The molecule has 0 saturated carbocycles. The van der Waals surface area contributed by atoms with Crippen LogP contribution in [0.15, 0.2) is 66.9 Å². The summed E-state index contributed by atoms with van der Waals surface area (Å²) in [6, 6.07) is 18.2. The van der Waals surface area contributed by atoms with Crippen LogP contribution in [0.4, 0.5) is 0 Å². The summed E-state index contributed by atoms with van der Waals surface area (Å²) in [7, 11) is 1.83. The minimum atomic E-state index is -0.701. The fourth-order valence-electron chi connectivity index (χ4n) is 4.18. The van der Waals surface area contributed by atoms with Gasteiger partial charge in [-0.1, -0.05) is 42.5 Å². The van der Waals surface area contributed by atoms with Gasteiger partial charge in [0.1, 0.15) is 11.7 Å². The molecule has 0 spiro atoms. The molecule has 2 aromatic heterocycles. The number of amides is 2. The Morgan fingerprint density at radius 1 is 1.00 bits per heavy atom. The van der Waals surface area contributed by atoms with Gasteiger partial charge in [0, 0.05) is 31.6 Å². The van der Waals surface area contributed by atoms with Crippen molar-refractivity contribution in [3.05, 3.63) is 83.6 Å². The Morgan fingerprint density at radius 3 is 2.48 bits per heavy atom. The molecule has 1 atom stereocenters. The molecule has 0 unspecified atom stereocenters. The van der Waals surface area contributed by atoms with E-state index in [1.165, 1.54) is 0 Å². The van der Waals surface area contributed by atoms with E-state index in [9.17, 15) is 9.59 Å². The minimum Gasteiger partial charge on any atom is -0.368 e. The molecule has 3 heterocycles. The number of nitrogens with two attached hydrogens (primary N) is 1. The Bertz CT molecular complexity index is 1330. The van der Waals surface area contributed by atoms with Gasteiger partial charge in [0.2, 0.25) is 5.91 Å². The quantitative estimate of drug-likeness (QED) is 0.561. The van der Waals surface area contributed by atoms with Crippen LogP contribution in [0.1, 0.15) is 21.5 Å². The number of aromatic nitrogens is 3. The molecule has 4 aromatic rings. The number of hydrogen-bond acceptors (Lipinski definition) is 4. The van der Waals surface area contributed by atoms with E-state index in [0.717, 1.165) is 16.5 Å². The number of hydrogen-bond donors (Lipinski definition) is 1. The van der Waals surface area contributed by atoms with Gasteiger partial charge in [-0.25, -0.2) is 4.98 Å². The highest BCUT2D eigenvalue weighted by atomic mass is 16.2. The Morgan fingerprint density at radius 2 is 1.74 bits per heavy atom. The van der Waals surface area contributed by atoms with Crippen molar-refractivity contribution in [2.75, 3.05) is 0 Å². The van der Waals surface area contributed by atoms with E-state index >= 15 is 0 Å². The third-order valence-corrected chi connectivity index (χ3v) is 5.76. The van der Waals surface area contributed by atoms with E-state index in [2.05, 4.69) is 5.10 Å². The summed E-state index contributed by atoms with van der Waals surface area (Å²) in [5, 5.41) is 5.16. The second kappa shape index (κ2) is 7.36. The Balaban J connectivity index is 1.64. The van der Waals surface area contributed by atoms with E-state index in [1.54, 1.807) is 15.6 Å². The predicted molar refractivity (Wildman–Crippen MR) is 117 cm³/mol. The average Bonchev–Trinajstić information content (AvgIpc) is 3.23. The summed E-state index contributed by atoms with van der Waals surface area (Å²) in [6.07, 6.45) is 2.24. The fourth-order valence-corrected chi connectivity index (χ4v) is 4.18. The molecule has 7 nitrogen and oxygen atoms in total. The van der Waals surface area contributed by atoms with Crippen LogP contribution in [0.25, 0.3) is 22.3 Å². The first-order chi connectivity index (χ1) is 15.0. The molecular weight excluding hydrogens is 390 g/mol. The number of benzene rings is 2. The van der Waals surface area contributed by atoms with Gasteiger partial charge >= 0.3 is 0 Å². The van der Waals surface area contributed by atoms with Gasteiger partial charge in [0.05, 0.1) is 16.8 Å². The second-order valence-corrected chi connectivity index (χ2v) is 7.77. The van der Waals surface area contributed by atoms with Crippen molar-refractivity contribution in [2.24, 2.45) is 12.8 Å². The maximum absolute atomic E-state index is 13.8. The molecule has 5 rings (SSSR count). The summed E-state index contributed by atoms with van der Waals surface area (Å²) in [5.74, 6) is -0.750. The molecular formula is C24H21N5O2. The standard InChI is InChI=1S/C24H21N5O2/c1-28-11-10-20(27-28)21-13-18(17-8-4-5-9-19(17)26-21)24(31)29-14-16-7-3-2-6-15(16)12-22(29)23(25)30/h2-11,13,22H,12,14H2,1H3,(H2,25,30)/t22-/m0/s1. The van der Waals surface area contributed by atoms with Crippen LogP contribution in [0.5, 0.6) is 0 Å². The first-order valence-corrected chi connectivity index (χ1v) is 10.1. The number of pyridine rings is 1. The van der Waals surface area contributed by atoms with Gasteiger partial charge in [0.15, 0.2) is 0 Å². The first kappa shape index (κ1) is 19.0. The summed E-state index contributed by atoms with van der Waals surface area (Å²) >= 11 is 0. The third kappa shape index (κ3) is 3.34. The number of aryl methyl sites for hydroxylation is 1. The van der Waals surface area contributed by atoms with Crippen LogP contribution in [-0.2, 0) is 24.8 Å². The highest BCUT2D eigenvalue weighted by Gasteiger charge is 2.34. The zero-order chi connectivity index (χ0) is 21.5. The molecule has 154 valence electrons. The summed E-state index contributed by atoms with van der Waals surface area (Å²) < 4.78 is 1.69. The van der Waals surface area contributed by atoms with Crippen LogP contribution in [0, 0.1) is 0 Å². The van der Waals surface area contributed by atoms with Crippen LogP contribution in [0.2, 0.25) is 0 Å². The predicted octanol–water partition coefficient (Wildman–Crippen LogP) is 2.69. The van der Waals surface area contributed by atoms with Gasteiger partial charge in [-0.15, -0.1) is 0 Å². The van der Waals surface area contributed by atoms with Gasteiger partial charge in [-0.2, -0.15) is 5.10 Å². The van der Waals surface area contributed by atoms with Crippen molar-refractivity contribution in [3.8, 4) is 11.4 Å². The molecule has 31 heavy (non-hydrogen) atoms. The smallest absolute Gasteiger partial charge is 0.255 e. The van der Waals surface area contributed by atoms with E-state index in [1.807, 2.05) is 67.8 Å². The van der Waals surface area contributed by atoms with E-state index in [0.29, 0.717) is 35.4 Å². The maximum Gasteiger partial charge on any atom is 0.255 e. The number of nitrogens with zero attached hydrogens (tertiary/aromatic N) is 4. The van der Waals surface area contributed by atoms with E-state index in [-0.39, 0.29) is 5.91 Å². The van der Waals surface area contributed by atoms with Gasteiger partial charge < -0.3 is 10.6 Å². The van der Waals surface area contributed by atoms with Crippen molar-refractivity contribution in [3.63, 3.8) is 0 Å². The molecule has 0 aliphatic carbocycles. The lowest BCUT2D eigenvalue weighted by molar-refractivity contribution is -0.122. The summed E-state index contributed by atoms with van der Waals surface area (Å²) in [6.45, 7) is 0.332. The average molecular weight is 411 g/mol. The summed E-state index contributed by atoms with van der Waals surface area (Å²) in [4.78, 5) is 32.3. The zero-order valence-electron chi connectivity index (χ0n) is 17.0. The molecule has 1 aliphatic rings. The number of carbonyl (C=O) groups is 2. The lowest BCUT2D eigenvalue weighted by atomic mass is 9.92. The lowest BCUT2D eigenvalue weighted by Gasteiger charge is -2.35. The largest absolute Gasteiger partial charge is 0.368 e. The molecule has 2 amide bonds. The van der Waals surface area contributed by atoms with Crippen molar-refractivity contribution in [1.29, 1.82) is 0 Å². The molecule has 0 saturated heterocycles. The normalized spacial score (nSPS) is 15.6. The minimum absolute atomic E-state index is 0.242. The number of fused-ring (bicyclic) bond motifs is 2. The SMILES string of the molecule is Cn1ccc(-c2cc(C(=O)N3Cc4ccccc4C[C@H]3C(N)=O)c3ccccc3n2)n1.